The Kier molecular flexibility index (Phi) is 11.5. The predicted octanol–water partition coefficient (Wildman–Crippen LogP) is 5.09. The Labute approximate surface area is 323 Å². The van der Waals surface area contributed by atoms with Gasteiger partial charge in [0.15, 0.2) is 5.78 Å². The first-order valence-electron chi connectivity index (χ1n) is 21.4. The number of fused-ring (bicyclic) bond motifs is 1. The molecule has 2 spiro atoms. The molecule has 54 heavy (non-hydrogen) atoms. The fourth-order valence-corrected chi connectivity index (χ4v) is 11.3. The molecule has 0 aromatic carbocycles. The zero-order valence-electron chi connectivity index (χ0n) is 34.5. The summed E-state index contributed by atoms with van der Waals surface area (Å²) in [5.74, 6) is -2.81. The van der Waals surface area contributed by atoms with Crippen molar-refractivity contribution >= 4 is 35.2 Å². The maximum absolute atomic E-state index is 15.1. The Morgan fingerprint density at radius 3 is 1.96 bits per heavy atom. The predicted molar refractivity (Wildman–Crippen MR) is 207 cm³/mol. The van der Waals surface area contributed by atoms with E-state index in [2.05, 4.69) is 48.5 Å². The van der Waals surface area contributed by atoms with Crippen LogP contribution in [0.5, 0.6) is 0 Å². The average Bonchev–Trinajstić information content (AvgIpc) is 3.89. The molecule has 6 fully saturated rings. The van der Waals surface area contributed by atoms with Crippen LogP contribution in [0.15, 0.2) is 0 Å². The lowest BCUT2D eigenvalue weighted by Gasteiger charge is -2.43. The summed E-state index contributed by atoms with van der Waals surface area (Å²) in [6.45, 7) is 17.9. The van der Waals surface area contributed by atoms with Crippen LogP contribution in [0, 0.1) is 33.5 Å². The van der Waals surface area contributed by atoms with Crippen molar-refractivity contribution in [1.82, 2.24) is 25.8 Å². The van der Waals surface area contributed by atoms with E-state index in [0.717, 1.165) is 77.2 Å². The molecule has 302 valence electrons. The van der Waals surface area contributed by atoms with E-state index in [1.807, 2.05) is 27.7 Å². The van der Waals surface area contributed by atoms with E-state index in [-0.39, 0.29) is 64.3 Å². The highest BCUT2D eigenvalue weighted by Crippen LogP contribution is 2.88. The number of likely N-dealkylation sites (tertiary alicyclic amines) is 2. The number of hydrogen-bond donors (Lipinski definition) is 3. The number of hydrogen-bond acceptors (Lipinski definition) is 7. The van der Waals surface area contributed by atoms with Gasteiger partial charge in [0, 0.05) is 42.9 Å². The smallest absolute Gasteiger partial charge is 0.289 e. The minimum absolute atomic E-state index is 0.0208. The van der Waals surface area contributed by atoms with Gasteiger partial charge in [-0.05, 0) is 93.8 Å². The molecule has 0 unspecified atom stereocenters. The molecular formula is C43H69N5O6. The molecule has 0 bridgehead atoms. The van der Waals surface area contributed by atoms with Gasteiger partial charge in [-0.2, -0.15) is 0 Å². The van der Waals surface area contributed by atoms with Gasteiger partial charge in [-0.15, -0.1) is 0 Å². The highest BCUT2D eigenvalue weighted by molar-refractivity contribution is 6.38. The minimum atomic E-state index is -0.971. The summed E-state index contributed by atoms with van der Waals surface area (Å²) in [4.78, 5) is 87.9. The van der Waals surface area contributed by atoms with Crippen molar-refractivity contribution in [1.29, 1.82) is 0 Å². The Morgan fingerprint density at radius 2 is 1.46 bits per heavy atom. The third kappa shape index (κ3) is 7.29. The van der Waals surface area contributed by atoms with Gasteiger partial charge < -0.3 is 20.9 Å². The summed E-state index contributed by atoms with van der Waals surface area (Å²) >= 11 is 0. The molecule has 0 radical (unpaired) electrons. The van der Waals surface area contributed by atoms with Crippen molar-refractivity contribution in [3.63, 3.8) is 0 Å². The average molecular weight is 752 g/mol. The molecule has 4 amide bonds. The van der Waals surface area contributed by atoms with Crippen LogP contribution in [0.3, 0.4) is 0 Å². The molecule has 0 aromatic heterocycles. The van der Waals surface area contributed by atoms with Gasteiger partial charge in [0.1, 0.15) is 6.04 Å². The molecule has 0 aromatic rings. The van der Waals surface area contributed by atoms with Crippen LogP contribution in [0.4, 0.5) is 0 Å². The summed E-state index contributed by atoms with van der Waals surface area (Å²) in [6.07, 6.45) is 12.0. The van der Waals surface area contributed by atoms with Crippen molar-refractivity contribution < 1.29 is 28.8 Å². The minimum Gasteiger partial charge on any atom is -0.347 e. The first-order valence-corrected chi connectivity index (χ1v) is 21.4. The van der Waals surface area contributed by atoms with Gasteiger partial charge in [0.05, 0.1) is 18.1 Å². The quantitative estimate of drug-likeness (QED) is 0.198. The van der Waals surface area contributed by atoms with Crippen molar-refractivity contribution in [2.45, 2.75) is 188 Å². The molecule has 11 heteroatoms. The first kappa shape index (κ1) is 40.8. The summed E-state index contributed by atoms with van der Waals surface area (Å²) in [5, 5.41) is 8.93. The van der Waals surface area contributed by atoms with Gasteiger partial charge in [-0.1, -0.05) is 73.6 Å². The second-order valence-corrected chi connectivity index (χ2v) is 19.9. The molecule has 2 saturated heterocycles. The van der Waals surface area contributed by atoms with Gasteiger partial charge >= 0.3 is 0 Å². The van der Waals surface area contributed by atoms with E-state index in [0.29, 0.717) is 25.8 Å². The third-order valence-electron chi connectivity index (χ3n) is 15.3. The van der Waals surface area contributed by atoms with E-state index in [4.69, 9.17) is 0 Å². The van der Waals surface area contributed by atoms with Crippen LogP contribution in [-0.4, -0.2) is 94.3 Å². The maximum atomic E-state index is 15.1. The highest BCUT2D eigenvalue weighted by Gasteiger charge is 2.85. The second kappa shape index (κ2) is 15.3. The second-order valence-electron chi connectivity index (χ2n) is 19.9. The first-order chi connectivity index (χ1) is 25.4. The third-order valence-corrected chi connectivity index (χ3v) is 15.3. The summed E-state index contributed by atoms with van der Waals surface area (Å²) < 4.78 is 0. The normalized spacial score (nSPS) is 29.2. The molecule has 11 nitrogen and oxygen atoms in total. The standard InChI is InChI=1S/C43H69N5O6/c1-9-14-30(35(50)38(53)44-28-17-18-28)45-37(52)32-24-43(41(7,8)42(43)20-13-21-42)25-48(32)39(54)29(40(4,5)6)23-33(49)34(27-15-11-10-12-16-27)46-36(51)31-19-22-47(31)26(2)3/h26-32,34H,9-25H2,1-8H3,(H,44,53)(H,45,52)(H,46,51)/t29-,30+,31-,32+,34+,43-/m1/s1. The number of ketones is 2. The topological polar surface area (TPSA) is 145 Å². The molecule has 2 heterocycles. The summed E-state index contributed by atoms with van der Waals surface area (Å²) in [6, 6.07) is -2.42. The van der Waals surface area contributed by atoms with E-state index < -0.39 is 47.1 Å². The monoisotopic (exact) mass is 752 g/mol. The molecule has 6 rings (SSSR count). The van der Waals surface area contributed by atoms with Crippen LogP contribution < -0.4 is 16.0 Å². The van der Waals surface area contributed by atoms with E-state index >= 15 is 4.79 Å². The Bertz CT molecular complexity index is 1490. The summed E-state index contributed by atoms with van der Waals surface area (Å²) in [7, 11) is 0. The van der Waals surface area contributed by atoms with Gasteiger partial charge in [-0.25, -0.2) is 0 Å². The lowest BCUT2D eigenvalue weighted by Crippen LogP contribution is -2.61. The van der Waals surface area contributed by atoms with Gasteiger partial charge in [0.2, 0.25) is 23.5 Å². The lowest BCUT2D eigenvalue weighted by molar-refractivity contribution is -0.147. The fourth-order valence-electron chi connectivity index (χ4n) is 11.3. The van der Waals surface area contributed by atoms with Crippen molar-refractivity contribution in [2.75, 3.05) is 13.1 Å². The molecular weight excluding hydrogens is 683 g/mol. The summed E-state index contributed by atoms with van der Waals surface area (Å²) in [5.41, 5.74) is -0.851. The largest absolute Gasteiger partial charge is 0.347 e. The number of carbonyl (C=O) groups excluding carboxylic acids is 6. The number of nitrogens with one attached hydrogen (secondary N) is 3. The molecule has 6 atom stereocenters. The molecule has 2 aliphatic heterocycles. The highest BCUT2D eigenvalue weighted by atomic mass is 16.2. The number of rotatable bonds is 15. The number of carbonyl (C=O) groups is 6. The van der Waals surface area contributed by atoms with Crippen LogP contribution >= 0.6 is 0 Å². The van der Waals surface area contributed by atoms with Gasteiger partial charge in [0.25, 0.3) is 5.91 Å². The maximum Gasteiger partial charge on any atom is 0.289 e. The van der Waals surface area contributed by atoms with Crippen molar-refractivity contribution in [3.8, 4) is 0 Å². The van der Waals surface area contributed by atoms with Crippen molar-refractivity contribution in [3.05, 3.63) is 0 Å². The molecule has 4 saturated carbocycles. The number of nitrogens with zero attached hydrogens (tertiary/aromatic N) is 2. The zero-order chi connectivity index (χ0) is 39.4. The van der Waals surface area contributed by atoms with Crippen LogP contribution in [0.2, 0.25) is 0 Å². The molecule has 6 aliphatic rings. The van der Waals surface area contributed by atoms with Crippen molar-refractivity contribution in [2.24, 2.45) is 33.5 Å². The number of Topliss-reactive ketones (excluding diaryl/α,β-unsaturated/α-hetero) is 2. The SMILES string of the molecule is CCC[C@H](NC(=O)[C@@H]1C[C@@]2(CN1C(=O)[C@@H](CC(=O)[C@@H](NC(=O)[C@H]1CCN1C(C)C)C1CCCCC1)C(C)(C)C)C(C)(C)C21CCC1)C(=O)C(=O)NC1CC1. The van der Waals surface area contributed by atoms with Crippen LogP contribution in [0.1, 0.15) is 152 Å². The Hall–Kier alpha value is -2.82. The van der Waals surface area contributed by atoms with Crippen LogP contribution in [-0.2, 0) is 28.8 Å². The van der Waals surface area contributed by atoms with E-state index in [9.17, 15) is 24.0 Å². The number of amides is 4. The van der Waals surface area contributed by atoms with E-state index in [1.54, 1.807) is 4.90 Å². The molecule has 3 N–H and O–H groups in total. The van der Waals surface area contributed by atoms with Gasteiger partial charge in [-0.3, -0.25) is 33.7 Å². The fraction of sp³-hybridized carbons (Fsp3) is 0.860. The van der Waals surface area contributed by atoms with Crippen LogP contribution in [0.25, 0.3) is 0 Å². The molecule has 4 aliphatic carbocycles. The lowest BCUT2D eigenvalue weighted by atomic mass is 9.73. The Morgan fingerprint density at radius 1 is 0.815 bits per heavy atom. The Balaban J connectivity index is 1.25. The zero-order valence-corrected chi connectivity index (χ0v) is 34.5. The van der Waals surface area contributed by atoms with E-state index in [1.165, 1.54) is 0 Å².